The van der Waals surface area contributed by atoms with Crippen LogP contribution in [0.25, 0.3) is 0 Å². The Balaban J connectivity index is 4.13. The molecule has 0 heterocycles. The SMILES string of the molecule is OCCCCP(CCCCO)CCCP(CCCCO)CCCCO. The van der Waals surface area contributed by atoms with E-state index in [0.29, 0.717) is 26.4 Å². The van der Waals surface area contributed by atoms with Crippen LogP contribution in [0.1, 0.15) is 57.8 Å². The Morgan fingerprint density at radius 1 is 0.320 bits per heavy atom. The van der Waals surface area contributed by atoms with E-state index in [4.69, 9.17) is 20.4 Å². The van der Waals surface area contributed by atoms with E-state index in [1.54, 1.807) is 0 Å². The van der Waals surface area contributed by atoms with Crippen LogP contribution in [0.2, 0.25) is 0 Å². The molecular formula is C19H42O4P2. The van der Waals surface area contributed by atoms with E-state index in [2.05, 4.69) is 0 Å². The zero-order valence-electron chi connectivity index (χ0n) is 16.1. The summed E-state index contributed by atoms with van der Waals surface area (Å²) < 4.78 is 0. The molecule has 0 atom stereocenters. The molecule has 0 aromatic heterocycles. The fourth-order valence-electron chi connectivity index (χ4n) is 2.98. The van der Waals surface area contributed by atoms with Crippen molar-refractivity contribution in [1.29, 1.82) is 0 Å². The van der Waals surface area contributed by atoms with Gasteiger partial charge >= 0.3 is 0 Å². The maximum atomic E-state index is 8.99. The number of aliphatic hydroxyl groups excluding tert-OH is 4. The molecule has 6 heteroatoms. The maximum Gasteiger partial charge on any atom is 0.0431 e. The van der Waals surface area contributed by atoms with Gasteiger partial charge in [-0.1, -0.05) is 0 Å². The molecule has 0 aromatic rings. The maximum absolute atomic E-state index is 8.99. The Morgan fingerprint density at radius 2 is 0.560 bits per heavy atom. The number of unbranched alkanes of at least 4 members (excludes halogenated alkanes) is 4. The average molecular weight is 396 g/mol. The molecular weight excluding hydrogens is 354 g/mol. The van der Waals surface area contributed by atoms with Crippen LogP contribution in [0.4, 0.5) is 0 Å². The summed E-state index contributed by atoms with van der Waals surface area (Å²) in [6, 6.07) is 0. The lowest BCUT2D eigenvalue weighted by molar-refractivity contribution is 0.286. The van der Waals surface area contributed by atoms with E-state index in [1.807, 2.05) is 0 Å². The second kappa shape index (κ2) is 21.0. The van der Waals surface area contributed by atoms with Gasteiger partial charge in [-0.15, -0.1) is 15.8 Å². The lowest BCUT2D eigenvalue weighted by atomic mass is 10.4. The van der Waals surface area contributed by atoms with E-state index >= 15 is 0 Å². The predicted octanol–water partition coefficient (Wildman–Crippen LogP) is 3.43. The minimum Gasteiger partial charge on any atom is -0.396 e. The molecule has 0 bridgehead atoms. The van der Waals surface area contributed by atoms with Crippen LogP contribution in [0.5, 0.6) is 0 Å². The molecule has 0 saturated heterocycles. The van der Waals surface area contributed by atoms with Gasteiger partial charge in [-0.05, 0) is 94.8 Å². The van der Waals surface area contributed by atoms with E-state index in [0.717, 1.165) is 51.4 Å². The van der Waals surface area contributed by atoms with Crippen molar-refractivity contribution in [1.82, 2.24) is 0 Å². The highest BCUT2D eigenvalue weighted by Crippen LogP contribution is 2.43. The Labute approximate surface area is 157 Å². The third-order valence-corrected chi connectivity index (χ3v) is 10.2. The number of hydrogen-bond donors (Lipinski definition) is 4. The first-order valence-corrected chi connectivity index (χ1v) is 14.0. The molecule has 0 aromatic carbocycles. The molecule has 4 N–H and O–H groups in total. The van der Waals surface area contributed by atoms with Crippen LogP contribution >= 0.6 is 15.8 Å². The highest BCUT2D eigenvalue weighted by molar-refractivity contribution is 7.58. The molecule has 0 spiro atoms. The molecule has 4 nitrogen and oxygen atoms in total. The van der Waals surface area contributed by atoms with Crippen molar-refractivity contribution in [3.05, 3.63) is 0 Å². The van der Waals surface area contributed by atoms with Gasteiger partial charge in [-0.25, -0.2) is 0 Å². The van der Waals surface area contributed by atoms with Crippen molar-refractivity contribution in [2.75, 3.05) is 63.4 Å². The number of hydrogen-bond acceptors (Lipinski definition) is 4. The summed E-state index contributed by atoms with van der Waals surface area (Å²) in [5, 5.41) is 36.0. The first kappa shape index (κ1) is 25.7. The normalized spacial score (nSPS) is 11.8. The second-order valence-electron chi connectivity index (χ2n) is 6.76. The first-order valence-electron chi connectivity index (χ1n) is 10.2. The molecule has 0 aliphatic heterocycles. The number of rotatable bonds is 20. The summed E-state index contributed by atoms with van der Waals surface area (Å²) in [7, 11) is 0.123. The molecule has 0 radical (unpaired) electrons. The highest BCUT2D eigenvalue weighted by Gasteiger charge is 2.11. The van der Waals surface area contributed by atoms with Gasteiger partial charge < -0.3 is 20.4 Å². The van der Waals surface area contributed by atoms with Crippen LogP contribution in [0, 0.1) is 0 Å². The van der Waals surface area contributed by atoms with Crippen LogP contribution < -0.4 is 0 Å². The summed E-state index contributed by atoms with van der Waals surface area (Å²) in [4.78, 5) is 0. The molecule has 0 saturated carbocycles. The summed E-state index contributed by atoms with van der Waals surface area (Å²) in [5.74, 6) is 0. The molecule has 0 aliphatic rings. The molecule has 0 fully saturated rings. The van der Waals surface area contributed by atoms with Crippen LogP contribution in [0.3, 0.4) is 0 Å². The van der Waals surface area contributed by atoms with Crippen LogP contribution in [-0.2, 0) is 0 Å². The zero-order chi connectivity index (χ0) is 18.6. The fraction of sp³-hybridized carbons (Fsp3) is 1.00. The van der Waals surface area contributed by atoms with Gasteiger partial charge in [-0.3, -0.25) is 0 Å². The summed E-state index contributed by atoms with van der Waals surface area (Å²) >= 11 is 0. The lowest BCUT2D eigenvalue weighted by Crippen LogP contribution is -2.02. The van der Waals surface area contributed by atoms with Crippen molar-refractivity contribution in [3.63, 3.8) is 0 Å². The Bertz CT molecular complexity index is 214. The Morgan fingerprint density at radius 3 is 0.800 bits per heavy atom. The highest BCUT2D eigenvalue weighted by atomic mass is 31.1. The smallest absolute Gasteiger partial charge is 0.0431 e. The first-order chi connectivity index (χ1) is 12.3. The standard InChI is InChI=1S/C19H42O4P2/c20-10-1-5-14-24(15-6-2-11-21)18-9-19-25(16-7-3-12-22)17-8-4-13-23/h20-23H,1-19H2. The van der Waals surface area contributed by atoms with Gasteiger partial charge in [0, 0.05) is 26.4 Å². The monoisotopic (exact) mass is 396 g/mol. The Hall–Kier alpha value is 0.700. The van der Waals surface area contributed by atoms with E-state index < -0.39 is 0 Å². The fourth-order valence-corrected chi connectivity index (χ4v) is 8.46. The second-order valence-corrected chi connectivity index (χ2v) is 12.1. The number of aliphatic hydroxyl groups is 4. The van der Waals surface area contributed by atoms with Gasteiger partial charge in [0.15, 0.2) is 0 Å². The minimum atomic E-state index is 0.0617. The van der Waals surface area contributed by atoms with Crippen LogP contribution in [-0.4, -0.2) is 83.8 Å². The predicted molar refractivity (Wildman–Crippen MR) is 113 cm³/mol. The van der Waals surface area contributed by atoms with E-state index in [9.17, 15) is 0 Å². The van der Waals surface area contributed by atoms with Gasteiger partial charge in [-0.2, -0.15) is 0 Å². The Kier molecular flexibility index (Phi) is 21.6. The third kappa shape index (κ3) is 17.9. The van der Waals surface area contributed by atoms with Gasteiger partial charge in [0.05, 0.1) is 0 Å². The molecule has 152 valence electrons. The quantitative estimate of drug-likeness (QED) is 0.188. The zero-order valence-corrected chi connectivity index (χ0v) is 17.9. The van der Waals surface area contributed by atoms with Crippen molar-refractivity contribution in [2.45, 2.75) is 57.8 Å². The van der Waals surface area contributed by atoms with Crippen LogP contribution in [0.15, 0.2) is 0 Å². The average Bonchev–Trinajstić information content (AvgIpc) is 2.61. The van der Waals surface area contributed by atoms with Crippen molar-refractivity contribution in [2.24, 2.45) is 0 Å². The van der Waals surface area contributed by atoms with Crippen molar-refractivity contribution in [3.8, 4) is 0 Å². The summed E-state index contributed by atoms with van der Waals surface area (Å²) in [6.07, 6.45) is 17.3. The molecule has 0 rings (SSSR count). The summed E-state index contributed by atoms with van der Waals surface area (Å²) in [5.41, 5.74) is 0. The molecule has 0 unspecified atom stereocenters. The molecule has 25 heavy (non-hydrogen) atoms. The van der Waals surface area contributed by atoms with Gasteiger partial charge in [0.2, 0.25) is 0 Å². The topological polar surface area (TPSA) is 80.9 Å². The molecule has 0 amide bonds. The summed E-state index contributed by atoms with van der Waals surface area (Å²) in [6.45, 7) is 1.23. The largest absolute Gasteiger partial charge is 0.396 e. The van der Waals surface area contributed by atoms with E-state index in [-0.39, 0.29) is 15.8 Å². The van der Waals surface area contributed by atoms with Gasteiger partial charge in [0.1, 0.15) is 0 Å². The van der Waals surface area contributed by atoms with E-state index in [1.165, 1.54) is 43.4 Å². The molecule has 0 aliphatic carbocycles. The third-order valence-electron chi connectivity index (χ3n) is 4.48. The van der Waals surface area contributed by atoms with Gasteiger partial charge in [0.25, 0.3) is 0 Å². The van der Waals surface area contributed by atoms with Crippen molar-refractivity contribution >= 4 is 15.8 Å². The lowest BCUT2D eigenvalue weighted by Gasteiger charge is -2.21. The van der Waals surface area contributed by atoms with Crippen molar-refractivity contribution < 1.29 is 20.4 Å². The minimum absolute atomic E-state index is 0.0617.